The molecule has 2 heterocycles. The van der Waals surface area contributed by atoms with Crippen molar-refractivity contribution in [3.8, 4) is 0 Å². The molecule has 105 valence electrons. The van der Waals surface area contributed by atoms with Crippen molar-refractivity contribution < 1.29 is 0 Å². The van der Waals surface area contributed by atoms with Crippen molar-refractivity contribution in [1.29, 1.82) is 0 Å². The van der Waals surface area contributed by atoms with Gasteiger partial charge in [-0.25, -0.2) is 10.0 Å². The highest BCUT2D eigenvalue weighted by Crippen LogP contribution is 2.29. The topological polar surface area (TPSA) is 61.2 Å². The minimum Gasteiger partial charge on any atom is -0.463 e. The van der Waals surface area contributed by atoms with Gasteiger partial charge in [-0.05, 0) is 56.9 Å². The Kier molecular flexibility index (Phi) is 2.91. The SMILES string of the molecule is N[BH-](N1[N+]=CC2=C1CCCC2)n1ncc2c1CCCC2. The summed E-state index contributed by atoms with van der Waals surface area (Å²) in [4.78, 5) is 2.07. The fourth-order valence-corrected chi connectivity index (χ4v) is 3.80. The van der Waals surface area contributed by atoms with E-state index in [0.29, 0.717) is 0 Å². The van der Waals surface area contributed by atoms with Crippen molar-refractivity contribution in [2.45, 2.75) is 51.4 Å². The van der Waals surface area contributed by atoms with Crippen LogP contribution in [-0.4, -0.2) is 27.9 Å². The Hall–Kier alpha value is -1.56. The number of nitrogens with zero attached hydrogens (tertiary/aromatic N) is 4. The highest BCUT2D eigenvalue weighted by molar-refractivity contribution is 6.50. The van der Waals surface area contributed by atoms with Crippen LogP contribution in [0.25, 0.3) is 0 Å². The quantitative estimate of drug-likeness (QED) is 0.807. The van der Waals surface area contributed by atoms with E-state index in [0.717, 1.165) is 25.7 Å². The molecule has 0 saturated heterocycles. The van der Waals surface area contributed by atoms with Gasteiger partial charge in [-0.1, -0.05) is 0 Å². The third-order valence-corrected chi connectivity index (χ3v) is 4.90. The van der Waals surface area contributed by atoms with Crippen LogP contribution in [0.2, 0.25) is 0 Å². The fourth-order valence-electron chi connectivity index (χ4n) is 3.80. The van der Waals surface area contributed by atoms with Gasteiger partial charge in [0.1, 0.15) is 5.10 Å². The number of hydrogen-bond donors (Lipinski definition) is 1. The maximum atomic E-state index is 6.54. The first-order valence-corrected chi connectivity index (χ1v) is 7.90. The summed E-state index contributed by atoms with van der Waals surface area (Å²) in [5, 5.41) is 9.14. The minimum absolute atomic E-state index is 1.11. The molecular weight excluding hydrogens is 249 g/mol. The molecular formula is C14H21BN5. The lowest BCUT2D eigenvalue weighted by atomic mass is 9.88. The van der Waals surface area contributed by atoms with Crippen LogP contribution < -0.4 is 10.7 Å². The van der Waals surface area contributed by atoms with E-state index < -0.39 is 7.12 Å². The van der Waals surface area contributed by atoms with E-state index in [1.807, 2.05) is 12.4 Å². The molecule has 6 heteroatoms. The first-order chi connectivity index (χ1) is 9.84. The second-order valence-electron chi connectivity index (χ2n) is 6.15. The van der Waals surface area contributed by atoms with Crippen molar-refractivity contribution in [1.82, 2.24) is 19.7 Å². The molecule has 0 aromatic carbocycles. The van der Waals surface area contributed by atoms with Gasteiger partial charge in [0.2, 0.25) is 0 Å². The molecule has 20 heavy (non-hydrogen) atoms. The normalized spacial score (nSPS) is 22.9. The highest BCUT2D eigenvalue weighted by atomic mass is 15.5. The Morgan fingerprint density at radius 2 is 1.90 bits per heavy atom. The van der Waals surface area contributed by atoms with E-state index >= 15 is 0 Å². The summed E-state index contributed by atoms with van der Waals surface area (Å²) in [7, 11) is -1.22. The van der Waals surface area contributed by atoms with Crippen molar-refractivity contribution in [3.63, 3.8) is 0 Å². The molecule has 1 unspecified atom stereocenters. The maximum absolute atomic E-state index is 6.54. The summed E-state index contributed by atoms with van der Waals surface area (Å²) < 4.78 is 2.07. The first-order valence-electron chi connectivity index (χ1n) is 7.90. The molecule has 0 bridgehead atoms. The number of aryl methyl sites for hydroxylation is 1. The lowest BCUT2D eigenvalue weighted by molar-refractivity contribution is 0.456. The van der Waals surface area contributed by atoms with Crippen LogP contribution in [0.3, 0.4) is 0 Å². The predicted molar refractivity (Wildman–Crippen MR) is 81.1 cm³/mol. The number of aromatic nitrogens is 2. The van der Waals surface area contributed by atoms with E-state index in [2.05, 4.69) is 19.7 Å². The second-order valence-corrected chi connectivity index (χ2v) is 6.15. The van der Waals surface area contributed by atoms with Gasteiger partial charge < -0.3 is 10.2 Å². The maximum Gasteiger partial charge on any atom is 0.326 e. The highest BCUT2D eigenvalue weighted by Gasteiger charge is 2.33. The molecule has 1 radical (unpaired) electrons. The number of hydrazone groups is 1. The van der Waals surface area contributed by atoms with Gasteiger partial charge in [0, 0.05) is 23.2 Å². The molecule has 0 amide bonds. The van der Waals surface area contributed by atoms with Gasteiger partial charge in [0.05, 0.1) is 0 Å². The van der Waals surface area contributed by atoms with Gasteiger partial charge in [-0.2, -0.15) is 0 Å². The number of nitrogens with two attached hydrogens (primary N) is 1. The molecule has 1 aromatic rings. The first kappa shape index (κ1) is 12.2. The smallest absolute Gasteiger partial charge is 0.326 e. The van der Waals surface area contributed by atoms with E-state index in [1.165, 1.54) is 48.2 Å². The van der Waals surface area contributed by atoms with E-state index in [-0.39, 0.29) is 0 Å². The summed E-state index contributed by atoms with van der Waals surface area (Å²) >= 11 is 0. The largest absolute Gasteiger partial charge is 0.463 e. The standard InChI is InChI=1S/C14H21BN5/c16-15(19-13-7-3-1-5-11(13)9-17-19)20-14-8-4-2-6-12(14)10-18-20/h9-10,15H,1-8,16H2. The molecule has 0 fully saturated rings. The molecule has 3 aliphatic rings. The molecule has 0 saturated carbocycles. The summed E-state index contributed by atoms with van der Waals surface area (Å²) in [5.74, 6) is 0. The minimum atomic E-state index is -1.22. The molecule has 4 rings (SSSR count). The van der Waals surface area contributed by atoms with Crippen molar-refractivity contribution in [2.75, 3.05) is 0 Å². The Labute approximate surface area is 119 Å². The van der Waals surface area contributed by atoms with Crippen LogP contribution in [0.15, 0.2) is 17.5 Å². The van der Waals surface area contributed by atoms with E-state index in [9.17, 15) is 0 Å². The van der Waals surface area contributed by atoms with Crippen molar-refractivity contribution in [2.24, 2.45) is 5.64 Å². The summed E-state index contributed by atoms with van der Waals surface area (Å²) in [5.41, 5.74) is 12.0. The number of allylic oxidation sites excluding steroid dienone is 2. The van der Waals surface area contributed by atoms with Gasteiger partial charge in [-0.15, -0.1) is 0 Å². The Bertz CT molecular complexity index is 588. The van der Waals surface area contributed by atoms with Crippen LogP contribution in [0.1, 0.15) is 49.8 Å². The predicted octanol–water partition coefficient (Wildman–Crippen LogP) is 0.751. The zero-order valence-electron chi connectivity index (χ0n) is 11.9. The third kappa shape index (κ3) is 1.82. The summed E-state index contributed by atoms with van der Waals surface area (Å²) in [6.07, 6.45) is 13.6. The number of rotatable bonds is 2. The van der Waals surface area contributed by atoms with Gasteiger partial charge in [-0.3, -0.25) is 0 Å². The van der Waals surface area contributed by atoms with Crippen molar-refractivity contribution >= 4 is 13.3 Å². The molecule has 2 aliphatic carbocycles. The average Bonchev–Trinajstić information content (AvgIpc) is 3.11. The average molecular weight is 270 g/mol. The monoisotopic (exact) mass is 270 g/mol. The molecule has 5 nitrogen and oxygen atoms in total. The molecule has 1 atom stereocenters. The Morgan fingerprint density at radius 1 is 1.10 bits per heavy atom. The van der Waals surface area contributed by atoms with Crippen LogP contribution in [0, 0.1) is 0 Å². The summed E-state index contributed by atoms with van der Waals surface area (Å²) in [6.45, 7) is 0. The summed E-state index contributed by atoms with van der Waals surface area (Å²) in [6, 6.07) is 0. The fraction of sp³-hybridized carbons (Fsp3) is 0.571. The van der Waals surface area contributed by atoms with Gasteiger partial charge in [0.25, 0.3) is 6.21 Å². The van der Waals surface area contributed by atoms with Crippen LogP contribution in [-0.2, 0) is 12.8 Å². The number of hydrogen-bond acceptors (Lipinski definition) is 4. The van der Waals surface area contributed by atoms with Crippen LogP contribution in [0.5, 0.6) is 0 Å². The van der Waals surface area contributed by atoms with Crippen molar-refractivity contribution in [3.05, 3.63) is 28.7 Å². The molecule has 1 aliphatic heterocycles. The Balaban J connectivity index is 1.65. The zero-order valence-corrected chi connectivity index (χ0v) is 11.9. The second kappa shape index (κ2) is 4.77. The van der Waals surface area contributed by atoms with E-state index in [4.69, 9.17) is 5.64 Å². The molecule has 1 aromatic heterocycles. The molecule has 0 spiro atoms. The van der Waals surface area contributed by atoms with Gasteiger partial charge in [0.15, 0.2) is 0 Å². The Morgan fingerprint density at radius 3 is 2.85 bits per heavy atom. The lowest BCUT2D eigenvalue weighted by Crippen LogP contribution is -2.53. The number of fused-ring (bicyclic) bond motifs is 1. The van der Waals surface area contributed by atoms with Crippen LogP contribution >= 0.6 is 0 Å². The molecule has 2 N–H and O–H groups in total. The van der Waals surface area contributed by atoms with E-state index in [1.54, 1.807) is 0 Å². The third-order valence-electron chi connectivity index (χ3n) is 4.90. The van der Waals surface area contributed by atoms with Crippen LogP contribution in [0.4, 0.5) is 0 Å². The zero-order chi connectivity index (χ0) is 13.5. The lowest BCUT2D eigenvalue weighted by Gasteiger charge is -2.29. The van der Waals surface area contributed by atoms with Gasteiger partial charge >= 0.3 is 7.12 Å².